The molecule has 2 aliphatic rings. The summed E-state index contributed by atoms with van der Waals surface area (Å²) >= 11 is 6.23. The van der Waals surface area contributed by atoms with Crippen LogP contribution in [0.25, 0.3) is 0 Å². The first-order valence-electron chi connectivity index (χ1n) is 9.52. The molecule has 1 aromatic carbocycles. The molecule has 1 aromatic heterocycles. The number of ether oxygens (including phenoxy) is 2. The first kappa shape index (κ1) is 20.2. The third-order valence-corrected chi connectivity index (χ3v) is 5.74. The number of Topliss-reactive ketones (excluding diaryl/α,β-unsaturated/α-hetero) is 1. The van der Waals surface area contributed by atoms with Crippen LogP contribution in [0.15, 0.2) is 36.5 Å². The van der Waals surface area contributed by atoms with Crippen molar-refractivity contribution in [2.75, 3.05) is 25.5 Å². The minimum Gasteiger partial charge on any atom is -0.484 e. The number of hydrogen-bond acceptors (Lipinski definition) is 6. The number of benzene rings is 1. The summed E-state index contributed by atoms with van der Waals surface area (Å²) in [5.41, 5.74) is 0.143. The van der Waals surface area contributed by atoms with Crippen molar-refractivity contribution in [3.63, 3.8) is 0 Å². The van der Waals surface area contributed by atoms with Crippen molar-refractivity contribution in [3.05, 3.63) is 52.7 Å². The van der Waals surface area contributed by atoms with Gasteiger partial charge in [0.15, 0.2) is 5.78 Å². The number of aromatic nitrogens is 1. The van der Waals surface area contributed by atoms with Crippen molar-refractivity contribution in [1.82, 2.24) is 9.88 Å². The van der Waals surface area contributed by atoms with E-state index >= 15 is 0 Å². The van der Waals surface area contributed by atoms with E-state index in [-0.39, 0.29) is 24.1 Å². The zero-order chi connectivity index (χ0) is 21.3. The molecule has 9 heteroatoms. The Hall–Kier alpha value is -3.13. The molecule has 0 radical (unpaired) electrons. The predicted octanol–water partition coefficient (Wildman–Crippen LogP) is 3.55. The van der Waals surface area contributed by atoms with E-state index in [4.69, 9.17) is 16.3 Å². The van der Waals surface area contributed by atoms with Gasteiger partial charge in [0.05, 0.1) is 29.7 Å². The topological polar surface area (TPSA) is 97.8 Å². The van der Waals surface area contributed by atoms with Crippen LogP contribution in [0.1, 0.15) is 40.0 Å². The lowest BCUT2D eigenvalue weighted by molar-refractivity contribution is 0.000434. The van der Waals surface area contributed by atoms with Crippen LogP contribution in [0.5, 0.6) is 5.75 Å². The standard InChI is InChI=1S/C21H20ClN3O5/c1-29-19(27)13-5-8-23-17(11-13)24-20(28)25-9-6-21(7-10-25)12-16(26)14-3-2-4-15(22)18(14)30-21/h2-5,8,11H,6-7,9-10,12H2,1H3,(H,23,24,28). The van der Waals surface area contributed by atoms with Gasteiger partial charge in [-0.3, -0.25) is 10.1 Å². The number of carbonyl (C=O) groups excluding carboxylic acids is 3. The SMILES string of the molecule is COC(=O)c1ccnc(NC(=O)N2CCC3(CC2)CC(=O)c2cccc(Cl)c2O3)c1. The van der Waals surface area contributed by atoms with Gasteiger partial charge in [-0.25, -0.2) is 14.6 Å². The average molecular weight is 430 g/mol. The quantitative estimate of drug-likeness (QED) is 0.733. The van der Waals surface area contributed by atoms with Crippen LogP contribution in [-0.2, 0) is 4.74 Å². The smallest absolute Gasteiger partial charge is 0.338 e. The molecule has 0 unspecified atom stereocenters. The number of ketones is 1. The maximum atomic E-state index is 12.6. The monoisotopic (exact) mass is 429 g/mol. The van der Waals surface area contributed by atoms with Gasteiger partial charge in [-0.2, -0.15) is 0 Å². The van der Waals surface area contributed by atoms with Crippen LogP contribution >= 0.6 is 11.6 Å². The molecule has 2 aromatic rings. The van der Waals surface area contributed by atoms with Crippen molar-refractivity contribution < 1.29 is 23.9 Å². The zero-order valence-corrected chi connectivity index (χ0v) is 17.1. The highest BCUT2D eigenvalue weighted by Crippen LogP contribution is 2.42. The predicted molar refractivity (Wildman–Crippen MR) is 109 cm³/mol. The molecule has 2 amide bonds. The Kier molecular flexibility index (Phi) is 5.34. The molecule has 8 nitrogen and oxygen atoms in total. The molecule has 1 saturated heterocycles. The molecular formula is C21H20ClN3O5. The van der Waals surface area contributed by atoms with Gasteiger partial charge >= 0.3 is 12.0 Å². The molecule has 30 heavy (non-hydrogen) atoms. The highest BCUT2D eigenvalue weighted by Gasteiger charge is 2.44. The zero-order valence-electron chi connectivity index (χ0n) is 16.3. The Morgan fingerprint density at radius 2 is 2.03 bits per heavy atom. The van der Waals surface area contributed by atoms with Crippen molar-refractivity contribution in [2.24, 2.45) is 0 Å². The second-order valence-electron chi connectivity index (χ2n) is 7.34. The first-order chi connectivity index (χ1) is 14.4. The number of hydrogen-bond donors (Lipinski definition) is 1. The Balaban J connectivity index is 1.41. The maximum absolute atomic E-state index is 12.6. The number of methoxy groups -OCH3 is 1. The maximum Gasteiger partial charge on any atom is 0.338 e. The molecule has 4 rings (SSSR count). The van der Waals surface area contributed by atoms with E-state index in [9.17, 15) is 14.4 Å². The van der Waals surface area contributed by atoms with Crippen molar-refractivity contribution in [3.8, 4) is 5.75 Å². The van der Waals surface area contributed by atoms with Crippen LogP contribution in [0.4, 0.5) is 10.6 Å². The van der Waals surface area contributed by atoms with Gasteiger partial charge in [0.25, 0.3) is 0 Å². The third kappa shape index (κ3) is 3.82. The largest absolute Gasteiger partial charge is 0.484 e. The number of piperidine rings is 1. The summed E-state index contributed by atoms with van der Waals surface area (Å²) in [4.78, 5) is 42.6. The fraction of sp³-hybridized carbons (Fsp3) is 0.333. The summed E-state index contributed by atoms with van der Waals surface area (Å²) < 4.78 is 10.9. The number of anilines is 1. The van der Waals surface area contributed by atoms with Crippen molar-refractivity contribution in [1.29, 1.82) is 0 Å². The van der Waals surface area contributed by atoms with Crippen LogP contribution in [0.3, 0.4) is 0 Å². The van der Waals surface area contributed by atoms with E-state index < -0.39 is 11.6 Å². The lowest BCUT2D eigenvalue weighted by Gasteiger charge is -2.44. The number of urea groups is 1. The van der Waals surface area contributed by atoms with E-state index in [1.54, 1.807) is 23.1 Å². The first-order valence-corrected chi connectivity index (χ1v) is 9.90. The highest BCUT2D eigenvalue weighted by atomic mass is 35.5. The Morgan fingerprint density at radius 1 is 1.27 bits per heavy atom. The van der Waals surface area contributed by atoms with Gasteiger partial charge < -0.3 is 14.4 Å². The average Bonchev–Trinajstić information content (AvgIpc) is 2.75. The lowest BCUT2D eigenvalue weighted by atomic mass is 9.82. The summed E-state index contributed by atoms with van der Waals surface area (Å²) in [5.74, 6) is 0.177. The Morgan fingerprint density at radius 3 is 2.77 bits per heavy atom. The van der Waals surface area contributed by atoms with Gasteiger partial charge in [0, 0.05) is 32.1 Å². The van der Waals surface area contributed by atoms with E-state index in [0.717, 1.165) is 0 Å². The minimum atomic E-state index is -0.658. The number of likely N-dealkylation sites (tertiary alicyclic amines) is 1. The number of pyridine rings is 1. The third-order valence-electron chi connectivity index (χ3n) is 5.45. The summed E-state index contributed by atoms with van der Waals surface area (Å²) in [5, 5.41) is 3.11. The number of nitrogens with one attached hydrogen (secondary N) is 1. The summed E-state index contributed by atoms with van der Waals surface area (Å²) in [7, 11) is 1.29. The fourth-order valence-corrected chi connectivity index (χ4v) is 4.01. The molecule has 3 heterocycles. The molecule has 1 fully saturated rings. The summed E-state index contributed by atoms with van der Waals surface area (Å²) in [6, 6.07) is 7.78. The van der Waals surface area contributed by atoms with Crippen LogP contribution in [-0.4, -0.2) is 53.5 Å². The van der Waals surface area contributed by atoms with E-state index in [1.165, 1.54) is 25.4 Å². The number of esters is 1. The second kappa shape index (κ2) is 7.95. The van der Waals surface area contributed by atoms with Crippen LogP contribution in [0, 0.1) is 0 Å². The van der Waals surface area contributed by atoms with Gasteiger partial charge in [-0.1, -0.05) is 17.7 Å². The number of carbonyl (C=O) groups is 3. The van der Waals surface area contributed by atoms with Crippen LogP contribution < -0.4 is 10.1 Å². The lowest BCUT2D eigenvalue weighted by Crippen LogP contribution is -2.53. The van der Waals surface area contributed by atoms with E-state index in [1.807, 2.05) is 0 Å². The van der Waals surface area contributed by atoms with Gasteiger partial charge in [0.2, 0.25) is 0 Å². The normalized spacial score (nSPS) is 17.1. The summed E-state index contributed by atoms with van der Waals surface area (Å²) in [6.07, 6.45) is 2.70. The fourth-order valence-electron chi connectivity index (χ4n) is 3.80. The Bertz CT molecular complexity index is 1020. The molecule has 1 N–H and O–H groups in total. The second-order valence-corrected chi connectivity index (χ2v) is 7.75. The molecular weight excluding hydrogens is 410 g/mol. The van der Waals surface area contributed by atoms with E-state index in [0.29, 0.717) is 47.8 Å². The molecule has 0 saturated carbocycles. The molecule has 1 spiro atoms. The number of amides is 2. The number of nitrogens with zero attached hydrogens (tertiary/aromatic N) is 2. The molecule has 0 bridgehead atoms. The number of fused-ring (bicyclic) bond motifs is 1. The van der Waals surface area contributed by atoms with Gasteiger partial charge in [0.1, 0.15) is 17.2 Å². The molecule has 0 aliphatic carbocycles. The van der Waals surface area contributed by atoms with Gasteiger partial charge in [-0.15, -0.1) is 0 Å². The van der Waals surface area contributed by atoms with Crippen LogP contribution in [0.2, 0.25) is 5.02 Å². The number of para-hydroxylation sites is 1. The molecule has 156 valence electrons. The highest BCUT2D eigenvalue weighted by molar-refractivity contribution is 6.32. The summed E-state index contributed by atoms with van der Waals surface area (Å²) in [6.45, 7) is 0.825. The molecule has 2 aliphatic heterocycles. The minimum absolute atomic E-state index is 0.000441. The van der Waals surface area contributed by atoms with Crippen molar-refractivity contribution in [2.45, 2.75) is 24.9 Å². The Labute approximate surface area is 178 Å². The number of rotatable bonds is 2. The van der Waals surface area contributed by atoms with Crippen molar-refractivity contribution >= 4 is 35.2 Å². The number of halogens is 1. The van der Waals surface area contributed by atoms with Gasteiger partial charge in [-0.05, 0) is 24.3 Å². The molecule has 0 atom stereocenters. The van der Waals surface area contributed by atoms with E-state index in [2.05, 4.69) is 15.0 Å².